The molecular formula is C10H13F2NO. The first-order valence-electron chi connectivity index (χ1n) is 4.20. The second-order valence-electron chi connectivity index (χ2n) is 3.51. The predicted octanol–water partition coefficient (Wildman–Crippen LogP) is 1.79. The molecule has 0 aliphatic carbocycles. The summed E-state index contributed by atoms with van der Waals surface area (Å²) >= 11 is 0. The van der Waals surface area contributed by atoms with Crippen molar-refractivity contribution in [2.45, 2.75) is 12.5 Å². The molecule has 1 unspecified atom stereocenters. The second kappa shape index (κ2) is 4.02. The maximum absolute atomic E-state index is 12.9. The molecule has 0 amide bonds. The fourth-order valence-corrected chi connectivity index (χ4v) is 1.27. The molecule has 4 heteroatoms. The van der Waals surface area contributed by atoms with Crippen molar-refractivity contribution in [3.05, 3.63) is 35.4 Å². The molecule has 0 heterocycles. The summed E-state index contributed by atoms with van der Waals surface area (Å²) in [5.74, 6) is -1.26. The SMILES string of the molecule is COCC(C)(N)c1cc(F)cc(F)c1. The lowest BCUT2D eigenvalue weighted by atomic mass is 9.94. The normalized spacial score (nSPS) is 15.2. The number of halogens is 2. The van der Waals surface area contributed by atoms with E-state index < -0.39 is 17.2 Å². The number of methoxy groups -OCH3 is 1. The number of benzene rings is 1. The van der Waals surface area contributed by atoms with Crippen molar-refractivity contribution in [2.75, 3.05) is 13.7 Å². The summed E-state index contributed by atoms with van der Waals surface area (Å²) in [5.41, 5.74) is 5.34. The average Bonchev–Trinajstić information content (AvgIpc) is 2.02. The Morgan fingerprint density at radius 3 is 2.21 bits per heavy atom. The van der Waals surface area contributed by atoms with Crippen LogP contribution in [0.1, 0.15) is 12.5 Å². The summed E-state index contributed by atoms with van der Waals surface area (Å²) in [4.78, 5) is 0. The zero-order valence-electron chi connectivity index (χ0n) is 8.18. The first kappa shape index (κ1) is 11.1. The minimum Gasteiger partial charge on any atom is -0.382 e. The van der Waals surface area contributed by atoms with E-state index in [9.17, 15) is 8.78 Å². The van der Waals surface area contributed by atoms with Crippen LogP contribution in [0.4, 0.5) is 8.78 Å². The third-order valence-corrected chi connectivity index (χ3v) is 1.97. The smallest absolute Gasteiger partial charge is 0.126 e. The van der Waals surface area contributed by atoms with Crippen molar-refractivity contribution >= 4 is 0 Å². The van der Waals surface area contributed by atoms with Crippen LogP contribution in [-0.4, -0.2) is 13.7 Å². The van der Waals surface area contributed by atoms with Crippen LogP contribution in [0.15, 0.2) is 18.2 Å². The van der Waals surface area contributed by atoms with Crippen LogP contribution in [0, 0.1) is 11.6 Å². The van der Waals surface area contributed by atoms with Gasteiger partial charge in [-0.25, -0.2) is 8.78 Å². The van der Waals surface area contributed by atoms with Gasteiger partial charge in [-0.1, -0.05) is 0 Å². The van der Waals surface area contributed by atoms with Gasteiger partial charge in [0.25, 0.3) is 0 Å². The summed E-state index contributed by atoms with van der Waals surface area (Å²) in [6.45, 7) is 1.86. The van der Waals surface area contributed by atoms with Gasteiger partial charge < -0.3 is 10.5 Å². The van der Waals surface area contributed by atoms with E-state index in [1.807, 2.05) is 0 Å². The van der Waals surface area contributed by atoms with Crippen LogP contribution in [-0.2, 0) is 10.3 Å². The van der Waals surface area contributed by atoms with Crippen LogP contribution in [0.2, 0.25) is 0 Å². The number of ether oxygens (including phenoxy) is 1. The Hall–Kier alpha value is -1.00. The molecule has 78 valence electrons. The third kappa shape index (κ3) is 2.49. The van der Waals surface area contributed by atoms with Gasteiger partial charge in [-0.05, 0) is 24.6 Å². The summed E-state index contributed by atoms with van der Waals surface area (Å²) in [7, 11) is 1.49. The van der Waals surface area contributed by atoms with E-state index in [4.69, 9.17) is 10.5 Å². The maximum Gasteiger partial charge on any atom is 0.126 e. The lowest BCUT2D eigenvalue weighted by Gasteiger charge is -2.24. The second-order valence-corrected chi connectivity index (χ2v) is 3.51. The highest BCUT2D eigenvalue weighted by Crippen LogP contribution is 2.20. The van der Waals surface area contributed by atoms with Crippen LogP contribution in [0.25, 0.3) is 0 Å². The van der Waals surface area contributed by atoms with E-state index in [0.29, 0.717) is 5.56 Å². The molecule has 1 atom stereocenters. The van der Waals surface area contributed by atoms with Gasteiger partial charge in [0.05, 0.1) is 12.1 Å². The molecule has 0 fully saturated rings. The molecule has 1 aromatic carbocycles. The average molecular weight is 201 g/mol. The standard InChI is InChI=1S/C10H13F2NO/c1-10(13,6-14-2)7-3-8(11)5-9(12)4-7/h3-5H,6,13H2,1-2H3. The van der Waals surface area contributed by atoms with Gasteiger partial charge in [0.2, 0.25) is 0 Å². The topological polar surface area (TPSA) is 35.2 Å². The van der Waals surface area contributed by atoms with Gasteiger partial charge in [-0.2, -0.15) is 0 Å². The van der Waals surface area contributed by atoms with Crippen molar-refractivity contribution in [2.24, 2.45) is 5.73 Å². The van der Waals surface area contributed by atoms with Gasteiger partial charge in [0.15, 0.2) is 0 Å². The largest absolute Gasteiger partial charge is 0.382 e. The van der Waals surface area contributed by atoms with Crippen molar-refractivity contribution < 1.29 is 13.5 Å². The molecule has 0 aliphatic heterocycles. The molecule has 14 heavy (non-hydrogen) atoms. The van der Waals surface area contributed by atoms with E-state index >= 15 is 0 Å². The molecule has 2 N–H and O–H groups in total. The summed E-state index contributed by atoms with van der Waals surface area (Å²) in [5, 5.41) is 0. The molecule has 0 saturated carbocycles. The minimum absolute atomic E-state index is 0.204. The quantitative estimate of drug-likeness (QED) is 0.809. The van der Waals surface area contributed by atoms with Crippen molar-refractivity contribution in [1.29, 1.82) is 0 Å². The van der Waals surface area contributed by atoms with E-state index in [1.54, 1.807) is 6.92 Å². The van der Waals surface area contributed by atoms with Crippen LogP contribution in [0.3, 0.4) is 0 Å². The molecule has 2 nitrogen and oxygen atoms in total. The monoisotopic (exact) mass is 201 g/mol. The van der Waals surface area contributed by atoms with Gasteiger partial charge in [-0.3, -0.25) is 0 Å². The summed E-state index contributed by atoms with van der Waals surface area (Å²) in [6, 6.07) is 3.23. The van der Waals surface area contributed by atoms with Crippen LogP contribution < -0.4 is 5.73 Å². The first-order valence-corrected chi connectivity index (χ1v) is 4.20. The molecule has 1 rings (SSSR count). The number of nitrogens with two attached hydrogens (primary N) is 1. The third-order valence-electron chi connectivity index (χ3n) is 1.97. The Morgan fingerprint density at radius 1 is 1.29 bits per heavy atom. The lowest BCUT2D eigenvalue weighted by Crippen LogP contribution is -2.38. The van der Waals surface area contributed by atoms with Gasteiger partial charge >= 0.3 is 0 Å². The number of hydrogen-bond acceptors (Lipinski definition) is 2. The maximum atomic E-state index is 12.9. The minimum atomic E-state index is -0.877. The molecule has 0 radical (unpaired) electrons. The zero-order valence-corrected chi connectivity index (χ0v) is 8.18. The Labute approximate surface area is 81.7 Å². The van der Waals surface area contributed by atoms with Gasteiger partial charge in [0.1, 0.15) is 11.6 Å². The van der Waals surface area contributed by atoms with E-state index in [-0.39, 0.29) is 6.61 Å². The Morgan fingerprint density at radius 2 is 1.79 bits per heavy atom. The van der Waals surface area contributed by atoms with Gasteiger partial charge in [-0.15, -0.1) is 0 Å². The predicted molar refractivity (Wildman–Crippen MR) is 49.8 cm³/mol. The lowest BCUT2D eigenvalue weighted by molar-refractivity contribution is 0.140. The highest BCUT2D eigenvalue weighted by Gasteiger charge is 2.22. The highest BCUT2D eigenvalue weighted by molar-refractivity contribution is 5.25. The van der Waals surface area contributed by atoms with Crippen LogP contribution in [0.5, 0.6) is 0 Å². The van der Waals surface area contributed by atoms with E-state index in [2.05, 4.69) is 0 Å². The van der Waals surface area contributed by atoms with Crippen LogP contribution >= 0.6 is 0 Å². The Kier molecular flexibility index (Phi) is 3.18. The molecule has 0 aromatic heterocycles. The molecule has 1 aromatic rings. The molecule has 0 saturated heterocycles. The van der Waals surface area contributed by atoms with Crippen molar-refractivity contribution in [3.8, 4) is 0 Å². The van der Waals surface area contributed by atoms with Crippen molar-refractivity contribution in [3.63, 3.8) is 0 Å². The summed E-state index contributed by atoms with van der Waals surface area (Å²) in [6.07, 6.45) is 0. The highest BCUT2D eigenvalue weighted by atomic mass is 19.1. The Bertz CT molecular complexity index is 306. The Balaban J connectivity index is 3.05. The fourth-order valence-electron chi connectivity index (χ4n) is 1.27. The molecule has 0 bridgehead atoms. The molecule has 0 aliphatic rings. The van der Waals surface area contributed by atoms with Crippen molar-refractivity contribution in [1.82, 2.24) is 0 Å². The van der Waals surface area contributed by atoms with E-state index in [0.717, 1.165) is 6.07 Å². The molecular weight excluding hydrogens is 188 g/mol. The fraction of sp³-hybridized carbons (Fsp3) is 0.400. The summed E-state index contributed by atoms with van der Waals surface area (Å²) < 4.78 is 30.6. The zero-order chi connectivity index (χ0) is 10.8. The van der Waals surface area contributed by atoms with Gasteiger partial charge in [0, 0.05) is 13.2 Å². The number of hydrogen-bond donors (Lipinski definition) is 1. The first-order chi connectivity index (χ1) is 6.45. The van der Waals surface area contributed by atoms with E-state index in [1.165, 1.54) is 19.2 Å². The number of rotatable bonds is 3. The molecule has 0 spiro atoms.